The molecule has 0 saturated carbocycles. The molecule has 0 atom stereocenters. The summed E-state index contributed by atoms with van der Waals surface area (Å²) in [5.74, 6) is 0.736. The highest BCUT2D eigenvalue weighted by atomic mass is 35.5. The first kappa shape index (κ1) is 35.5. The van der Waals surface area contributed by atoms with E-state index in [-0.39, 0.29) is 54.4 Å². The number of hydrogen-bond acceptors (Lipinski definition) is 11. The second-order valence-electron chi connectivity index (χ2n) is 10.1. The summed E-state index contributed by atoms with van der Waals surface area (Å²) >= 11 is 0. The Morgan fingerprint density at radius 2 is 1.20 bits per heavy atom. The molecule has 236 valence electrons. The summed E-state index contributed by atoms with van der Waals surface area (Å²) < 4.78 is 26.4. The third-order valence-electron chi connectivity index (χ3n) is 5.46. The molecular formula is C31H37ClN4O8. The van der Waals surface area contributed by atoms with Crippen LogP contribution in [-0.2, 0) is 4.74 Å². The number of Topliss-reactive ketones (excluding diaryl/α,β-unsaturated/α-hetero) is 2. The van der Waals surface area contributed by atoms with Crippen molar-refractivity contribution in [3.8, 4) is 34.4 Å². The van der Waals surface area contributed by atoms with Gasteiger partial charge in [-0.2, -0.15) is 0 Å². The van der Waals surface area contributed by atoms with Crippen LogP contribution in [-0.4, -0.2) is 59.9 Å². The fourth-order valence-corrected chi connectivity index (χ4v) is 3.71. The maximum Gasteiger partial charge on any atom is 0.407 e. The van der Waals surface area contributed by atoms with Gasteiger partial charge in [0.2, 0.25) is 0 Å². The van der Waals surface area contributed by atoms with Gasteiger partial charge in [0.15, 0.2) is 23.1 Å². The van der Waals surface area contributed by atoms with Crippen LogP contribution in [0.5, 0.6) is 11.8 Å². The lowest BCUT2D eigenvalue weighted by Crippen LogP contribution is -2.34. The largest absolute Gasteiger partial charge is 0.474 e. The Kier molecular flexibility index (Phi) is 13.6. The number of ether oxygens (including phenoxy) is 3. The van der Waals surface area contributed by atoms with E-state index in [1.165, 1.54) is 13.8 Å². The van der Waals surface area contributed by atoms with E-state index in [4.69, 9.17) is 29.0 Å². The molecule has 4 rings (SSSR count). The maximum atomic E-state index is 11.9. The highest BCUT2D eigenvalue weighted by Gasteiger charge is 2.24. The van der Waals surface area contributed by atoms with E-state index < -0.39 is 11.7 Å². The van der Waals surface area contributed by atoms with Crippen LogP contribution in [0.15, 0.2) is 69.7 Å². The Bertz CT molecular complexity index is 1500. The lowest BCUT2D eigenvalue weighted by Gasteiger charge is -2.19. The summed E-state index contributed by atoms with van der Waals surface area (Å²) in [6, 6.07) is 18.5. The molecule has 4 aromatic rings. The van der Waals surface area contributed by atoms with Crippen molar-refractivity contribution in [3.63, 3.8) is 0 Å². The summed E-state index contributed by atoms with van der Waals surface area (Å²) in [6.07, 6.45) is -0.534. The second kappa shape index (κ2) is 16.8. The van der Waals surface area contributed by atoms with Gasteiger partial charge in [-0.3, -0.25) is 9.59 Å². The Balaban J connectivity index is 0.000000315. The first-order valence-electron chi connectivity index (χ1n) is 13.6. The van der Waals surface area contributed by atoms with Crippen LogP contribution < -0.4 is 20.5 Å². The minimum absolute atomic E-state index is 0. The molecule has 2 aromatic heterocycles. The van der Waals surface area contributed by atoms with Gasteiger partial charge in [0.1, 0.15) is 29.9 Å². The van der Waals surface area contributed by atoms with Crippen LogP contribution in [0.25, 0.3) is 22.6 Å². The number of nitrogens with two attached hydrogens (primary N) is 1. The van der Waals surface area contributed by atoms with Crippen LogP contribution in [0.3, 0.4) is 0 Å². The zero-order chi connectivity index (χ0) is 31.4. The zero-order valence-electron chi connectivity index (χ0n) is 25.2. The molecule has 0 aliphatic heterocycles. The Morgan fingerprint density at radius 1 is 0.773 bits per heavy atom. The molecule has 0 unspecified atom stereocenters. The predicted octanol–water partition coefficient (Wildman–Crippen LogP) is 5.75. The lowest BCUT2D eigenvalue weighted by atomic mass is 10.1. The number of carbonyl (C=O) groups excluding carboxylic acids is 3. The number of ketones is 2. The van der Waals surface area contributed by atoms with Crippen molar-refractivity contribution in [3.05, 3.63) is 71.8 Å². The molecule has 12 nitrogen and oxygen atoms in total. The molecule has 13 heteroatoms. The molecule has 0 aliphatic carbocycles. The topological polar surface area (TPSA) is 169 Å². The summed E-state index contributed by atoms with van der Waals surface area (Å²) in [5, 5.41) is 10.2. The third-order valence-corrected chi connectivity index (χ3v) is 5.46. The molecule has 0 radical (unpaired) electrons. The fourth-order valence-electron chi connectivity index (χ4n) is 3.71. The number of hydrogen-bond donors (Lipinski definition) is 2. The molecule has 2 aromatic carbocycles. The average molecular weight is 629 g/mol. The number of aromatic nitrogens is 2. The van der Waals surface area contributed by atoms with Crippen molar-refractivity contribution in [2.75, 3.05) is 26.3 Å². The van der Waals surface area contributed by atoms with Crippen molar-refractivity contribution < 1.29 is 37.6 Å². The number of rotatable bonds is 11. The van der Waals surface area contributed by atoms with Gasteiger partial charge in [0.25, 0.3) is 11.8 Å². The van der Waals surface area contributed by atoms with E-state index in [1.807, 2.05) is 60.7 Å². The Morgan fingerprint density at radius 3 is 1.59 bits per heavy atom. The molecule has 0 spiro atoms. The smallest absolute Gasteiger partial charge is 0.407 e. The van der Waals surface area contributed by atoms with Crippen molar-refractivity contribution in [1.82, 2.24) is 15.6 Å². The summed E-state index contributed by atoms with van der Waals surface area (Å²) in [7, 11) is 0. The molecule has 44 heavy (non-hydrogen) atoms. The average Bonchev–Trinajstić information content (AvgIpc) is 3.59. The second-order valence-corrected chi connectivity index (χ2v) is 10.1. The molecular weight excluding hydrogens is 592 g/mol. The van der Waals surface area contributed by atoms with Crippen LogP contribution in [0.2, 0.25) is 0 Å². The third kappa shape index (κ3) is 10.2. The maximum absolute atomic E-state index is 11.9. The number of amides is 1. The van der Waals surface area contributed by atoms with E-state index in [2.05, 4.69) is 15.6 Å². The fraction of sp³-hybridized carbons (Fsp3) is 0.323. The van der Waals surface area contributed by atoms with E-state index >= 15 is 0 Å². The first-order valence-corrected chi connectivity index (χ1v) is 13.6. The molecule has 0 saturated heterocycles. The van der Waals surface area contributed by atoms with Crippen LogP contribution in [0.1, 0.15) is 55.3 Å². The predicted molar refractivity (Wildman–Crippen MR) is 165 cm³/mol. The van der Waals surface area contributed by atoms with Gasteiger partial charge in [-0.1, -0.05) is 60.7 Å². The van der Waals surface area contributed by atoms with Crippen molar-refractivity contribution in [2.45, 2.75) is 40.2 Å². The number of benzene rings is 2. The Hall–Kier alpha value is -4.68. The van der Waals surface area contributed by atoms with Crippen LogP contribution in [0.4, 0.5) is 4.79 Å². The van der Waals surface area contributed by atoms with Gasteiger partial charge in [-0.15, -0.1) is 12.4 Å². The molecule has 2 heterocycles. The Labute approximate surface area is 261 Å². The monoisotopic (exact) mass is 628 g/mol. The van der Waals surface area contributed by atoms with Gasteiger partial charge >= 0.3 is 6.09 Å². The first-order chi connectivity index (χ1) is 20.5. The summed E-state index contributed by atoms with van der Waals surface area (Å²) in [6.45, 7) is 9.19. The highest BCUT2D eigenvalue weighted by Crippen LogP contribution is 2.32. The summed E-state index contributed by atoms with van der Waals surface area (Å²) in [5.41, 5.74) is 6.95. The zero-order valence-corrected chi connectivity index (χ0v) is 26.1. The van der Waals surface area contributed by atoms with Gasteiger partial charge in [-0.05, 0) is 44.9 Å². The van der Waals surface area contributed by atoms with Crippen LogP contribution >= 0.6 is 12.4 Å². The summed E-state index contributed by atoms with van der Waals surface area (Å²) in [4.78, 5) is 35.2. The standard InChI is InChI=1S/C18H22N2O5.C13H14N2O3.ClH/c1-12(21)14-15(13-8-6-5-7-9-13)25-20-16(14)23-11-10-19-17(22)24-18(2,3)4;1-9(16)11-12(10-5-3-2-4-6-10)18-15-13(11)17-8-7-14;/h5-9H,10-11H2,1-4H3,(H,19,22);2-6H,7-8,14H2,1H3;1H. The van der Waals surface area contributed by atoms with Gasteiger partial charge in [0, 0.05) is 17.7 Å². The molecule has 0 aliphatic rings. The molecule has 1 amide bonds. The lowest BCUT2D eigenvalue weighted by molar-refractivity contribution is 0.0519. The quantitative estimate of drug-likeness (QED) is 0.153. The van der Waals surface area contributed by atoms with Gasteiger partial charge < -0.3 is 34.3 Å². The number of halogens is 1. The minimum atomic E-state index is -0.566. The van der Waals surface area contributed by atoms with E-state index in [0.29, 0.717) is 30.2 Å². The molecule has 0 bridgehead atoms. The number of nitrogens with zero attached hydrogens (tertiary/aromatic N) is 2. The molecule has 3 N–H and O–H groups in total. The number of alkyl carbamates (subject to hydrolysis) is 1. The van der Waals surface area contributed by atoms with E-state index in [0.717, 1.165) is 11.1 Å². The van der Waals surface area contributed by atoms with E-state index in [9.17, 15) is 14.4 Å². The minimum Gasteiger partial charge on any atom is -0.474 e. The SMILES string of the molecule is CC(=O)c1c(OCCN)noc1-c1ccccc1.CC(=O)c1c(OCCNC(=O)OC(C)(C)C)noc1-c1ccccc1.Cl. The van der Waals surface area contributed by atoms with E-state index in [1.54, 1.807) is 20.8 Å². The van der Waals surface area contributed by atoms with Gasteiger partial charge in [0.05, 0.1) is 6.54 Å². The number of carbonyl (C=O) groups is 3. The van der Waals surface area contributed by atoms with Crippen LogP contribution in [0, 0.1) is 0 Å². The van der Waals surface area contributed by atoms with Crippen molar-refractivity contribution >= 4 is 30.1 Å². The van der Waals surface area contributed by atoms with Gasteiger partial charge in [-0.25, -0.2) is 4.79 Å². The normalized spacial score (nSPS) is 10.5. The molecule has 0 fully saturated rings. The highest BCUT2D eigenvalue weighted by molar-refractivity contribution is 6.02. The van der Waals surface area contributed by atoms with Crippen molar-refractivity contribution in [2.24, 2.45) is 5.73 Å². The van der Waals surface area contributed by atoms with Crippen molar-refractivity contribution in [1.29, 1.82) is 0 Å². The number of nitrogens with one attached hydrogen (secondary N) is 1.